The molecule has 21 heavy (non-hydrogen) atoms. The van der Waals surface area contributed by atoms with Crippen LogP contribution in [-0.2, 0) is 6.42 Å². The highest BCUT2D eigenvalue weighted by Gasteiger charge is 2.24. The van der Waals surface area contributed by atoms with Gasteiger partial charge in [-0.25, -0.2) is 0 Å². The zero-order valence-electron chi connectivity index (χ0n) is 12.7. The Bertz CT molecular complexity index is 682. The second-order valence-corrected chi connectivity index (χ2v) is 6.78. The number of hydrogen-bond acceptors (Lipinski definition) is 0. The van der Waals surface area contributed by atoms with E-state index in [4.69, 9.17) is 0 Å². The lowest BCUT2D eigenvalue weighted by Gasteiger charge is -2.16. The number of allylic oxidation sites excluding steroid dienone is 2. The normalized spacial score (nSPS) is 16.7. The van der Waals surface area contributed by atoms with Gasteiger partial charge in [0.25, 0.3) is 0 Å². The van der Waals surface area contributed by atoms with E-state index in [-0.39, 0.29) is 0 Å². The molecule has 0 radical (unpaired) electrons. The van der Waals surface area contributed by atoms with Gasteiger partial charge in [-0.05, 0) is 59.7 Å². The van der Waals surface area contributed by atoms with Crippen LogP contribution < -0.4 is 0 Å². The summed E-state index contributed by atoms with van der Waals surface area (Å²) in [7, 11) is 0. The molecule has 2 aromatic carbocycles. The monoisotopic (exact) mass is 340 g/mol. The molecule has 0 saturated carbocycles. The highest BCUT2D eigenvalue weighted by Crippen LogP contribution is 2.42. The van der Waals surface area contributed by atoms with Gasteiger partial charge in [-0.3, -0.25) is 0 Å². The maximum absolute atomic E-state index is 3.62. The van der Waals surface area contributed by atoms with E-state index in [1.165, 1.54) is 51.6 Å². The van der Waals surface area contributed by atoms with Gasteiger partial charge >= 0.3 is 0 Å². The zero-order valence-corrected chi connectivity index (χ0v) is 14.3. The van der Waals surface area contributed by atoms with Crippen molar-refractivity contribution in [2.45, 2.75) is 39.0 Å². The van der Waals surface area contributed by atoms with Gasteiger partial charge in [-0.2, -0.15) is 0 Å². The van der Waals surface area contributed by atoms with Crippen molar-refractivity contribution < 1.29 is 0 Å². The fraction of sp³-hybridized carbons (Fsp3) is 0.300. The molecular weight excluding hydrogens is 320 g/mol. The Morgan fingerprint density at radius 1 is 1.05 bits per heavy atom. The molecule has 0 bridgehead atoms. The van der Waals surface area contributed by atoms with E-state index in [9.17, 15) is 0 Å². The van der Waals surface area contributed by atoms with Crippen LogP contribution in [0.15, 0.2) is 53.0 Å². The smallest absolute Gasteiger partial charge is 0.0284 e. The number of unbranched alkanes of at least 4 members (excludes halogenated alkanes) is 1. The Kier molecular flexibility index (Phi) is 4.30. The largest absolute Gasteiger partial charge is 0.0691 e. The molecule has 0 aliphatic heterocycles. The summed E-state index contributed by atoms with van der Waals surface area (Å²) < 4.78 is 1.17. The molecule has 1 aliphatic carbocycles. The minimum absolute atomic E-state index is 0.408. The van der Waals surface area contributed by atoms with Crippen molar-refractivity contribution in [3.8, 4) is 0 Å². The predicted molar refractivity (Wildman–Crippen MR) is 94.7 cm³/mol. The zero-order chi connectivity index (χ0) is 14.8. The first kappa shape index (κ1) is 14.6. The SMILES string of the molecule is CCCCc1ccccc1C1C=C(C)c2ccc(Br)cc21. The molecule has 0 heterocycles. The Labute approximate surface area is 136 Å². The Hall–Kier alpha value is -1.34. The van der Waals surface area contributed by atoms with Crippen molar-refractivity contribution in [3.05, 3.63) is 75.3 Å². The van der Waals surface area contributed by atoms with E-state index in [2.05, 4.69) is 78.3 Å². The van der Waals surface area contributed by atoms with Crippen LogP contribution in [0.1, 0.15) is 54.9 Å². The van der Waals surface area contributed by atoms with E-state index >= 15 is 0 Å². The van der Waals surface area contributed by atoms with Gasteiger partial charge in [-0.1, -0.05) is 65.7 Å². The van der Waals surface area contributed by atoms with E-state index in [0.29, 0.717) is 5.92 Å². The van der Waals surface area contributed by atoms with Crippen molar-refractivity contribution in [1.82, 2.24) is 0 Å². The number of rotatable bonds is 4. The predicted octanol–water partition coefficient (Wildman–Crippen LogP) is 6.34. The summed E-state index contributed by atoms with van der Waals surface area (Å²) in [5.74, 6) is 0.408. The molecule has 1 unspecified atom stereocenters. The summed E-state index contributed by atoms with van der Waals surface area (Å²) >= 11 is 3.62. The van der Waals surface area contributed by atoms with Crippen LogP contribution in [0.5, 0.6) is 0 Å². The van der Waals surface area contributed by atoms with Crippen molar-refractivity contribution in [2.24, 2.45) is 0 Å². The number of benzene rings is 2. The first-order chi connectivity index (χ1) is 10.2. The van der Waals surface area contributed by atoms with E-state index in [1.54, 1.807) is 0 Å². The summed E-state index contributed by atoms with van der Waals surface area (Å²) in [4.78, 5) is 0. The lowest BCUT2D eigenvalue weighted by molar-refractivity contribution is 0.784. The second-order valence-electron chi connectivity index (χ2n) is 5.86. The fourth-order valence-electron chi connectivity index (χ4n) is 3.27. The molecule has 1 heteroatoms. The summed E-state index contributed by atoms with van der Waals surface area (Å²) in [6.07, 6.45) is 6.11. The first-order valence-electron chi connectivity index (χ1n) is 7.76. The third-order valence-electron chi connectivity index (χ3n) is 4.38. The highest BCUT2D eigenvalue weighted by molar-refractivity contribution is 9.10. The van der Waals surface area contributed by atoms with Gasteiger partial charge in [0, 0.05) is 10.4 Å². The molecule has 0 aromatic heterocycles. The molecule has 0 N–H and O–H groups in total. The minimum atomic E-state index is 0.408. The van der Waals surface area contributed by atoms with Crippen molar-refractivity contribution >= 4 is 21.5 Å². The van der Waals surface area contributed by atoms with E-state index < -0.39 is 0 Å². The average molecular weight is 341 g/mol. The van der Waals surface area contributed by atoms with Crippen LogP contribution in [0.4, 0.5) is 0 Å². The lowest BCUT2D eigenvalue weighted by atomic mass is 9.88. The summed E-state index contributed by atoms with van der Waals surface area (Å²) in [6, 6.07) is 15.6. The maximum atomic E-state index is 3.62. The van der Waals surface area contributed by atoms with Crippen molar-refractivity contribution in [2.75, 3.05) is 0 Å². The number of aryl methyl sites for hydroxylation is 1. The maximum Gasteiger partial charge on any atom is 0.0284 e. The molecule has 0 nitrogen and oxygen atoms in total. The molecule has 2 aromatic rings. The molecule has 0 fully saturated rings. The quantitative estimate of drug-likeness (QED) is 0.609. The average Bonchev–Trinajstić information content (AvgIpc) is 2.82. The van der Waals surface area contributed by atoms with Crippen LogP contribution in [0.2, 0.25) is 0 Å². The van der Waals surface area contributed by atoms with E-state index in [1.807, 2.05) is 0 Å². The van der Waals surface area contributed by atoms with Crippen LogP contribution in [-0.4, -0.2) is 0 Å². The summed E-state index contributed by atoms with van der Waals surface area (Å²) in [6.45, 7) is 4.48. The van der Waals surface area contributed by atoms with Gasteiger partial charge in [0.1, 0.15) is 0 Å². The molecule has 108 valence electrons. The van der Waals surface area contributed by atoms with Crippen molar-refractivity contribution in [1.29, 1.82) is 0 Å². The van der Waals surface area contributed by atoms with Gasteiger partial charge in [0.15, 0.2) is 0 Å². The second kappa shape index (κ2) is 6.19. The van der Waals surface area contributed by atoms with Crippen LogP contribution in [0, 0.1) is 0 Å². The summed E-state index contributed by atoms with van der Waals surface area (Å²) in [5, 5.41) is 0. The Morgan fingerprint density at radius 3 is 2.67 bits per heavy atom. The Balaban J connectivity index is 2.05. The number of fused-ring (bicyclic) bond motifs is 1. The van der Waals surface area contributed by atoms with Gasteiger partial charge in [-0.15, -0.1) is 0 Å². The molecule has 0 amide bonds. The molecule has 3 rings (SSSR count). The lowest BCUT2D eigenvalue weighted by Crippen LogP contribution is -2.01. The third-order valence-corrected chi connectivity index (χ3v) is 4.87. The molecule has 1 aliphatic rings. The summed E-state index contributed by atoms with van der Waals surface area (Å²) in [5.41, 5.74) is 7.20. The molecular formula is C20H21Br. The molecule has 1 atom stereocenters. The standard InChI is InChI=1S/C20H21Br/c1-3-4-7-15-8-5-6-9-18(15)19-12-14(2)17-11-10-16(21)13-20(17)19/h5-6,8-13,19H,3-4,7H2,1-2H3. The first-order valence-corrected chi connectivity index (χ1v) is 8.56. The number of hydrogen-bond donors (Lipinski definition) is 0. The van der Waals surface area contributed by atoms with Gasteiger partial charge in [0.2, 0.25) is 0 Å². The van der Waals surface area contributed by atoms with Crippen LogP contribution in [0.25, 0.3) is 5.57 Å². The molecule has 0 spiro atoms. The number of halogens is 1. The Morgan fingerprint density at radius 2 is 1.86 bits per heavy atom. The fourth-order valence-corrected chi connectivity index (χ4v) is 3.65. The van der Waals surface area contributed by atoms with Crippen molar-refractivity contribution in [3.63, 3.8) is 0 Å². The minimum Gasteiger partial charge on any atom is -0.0691 e. The van der Waals surface area contributed by atoms with Gasteiger partial charge in [0.05, 0.1) is 0 Å². The topological polar surface area (TPSA) is 0 Å². The van der Waals surface area contributed by atoms with Gasteiger partial charge < -0.3 is 0 Å². The molecule has 0 saturated heterocycles. The van der Waals surface area contributed by atoms with Crippen LogP contribution >= 0.6 is 15.9 Å². The third kappa shape index (κ3) is 2.85. The highest BCUT2D eigenvalue weighted by atomic mass is 79.9. The van der Waals surface area contributed by atoms with Crippen LogP contribution in [0.3, 0.4) is 0 Å². The van der Waals surface area contributed by atoms with E-state index in [0.717, 1.165) is 0 Å².